The molecule has 0 aliphatic heterocycles. The van der Waals surface area contributed by atoms with Gasteiger partial charge in [-0.2, -0.15) is 0 Å². The van der Waals surface area contributed by atoms with Gasteiger partial charge in [0, 0.05) is 35.5 Å². The Balaban J connectivity index is 0.000000482. The van der Waals surface area contributed by atoms with Crippen molar-refractivity contribution in [2.45, 2.75) is 45.4 Å². The normalized spacial score (nSPS) is 11.4. The first-order valence-electron chi connectivity index (χ1n) is 10.6. The molecule has 0 saturated heterocycles. The predicted octanol–water partition coefficient (Wildman–Crippen LogP) is 7.96. The fourth-order valence-electron chi connectivity index (χ4n) is 2.58. The van der Waals surface area contributed by atoms with Crippen LogP contribution in [0.15, 0.2) is 76.0 Å². The molecule has 6 heteroatoms. The largest absolute Gasteiger partial charge is 0.356 e. The van der Waals surface area contributed by atoms with E-state index in [4.69, 9.17) is 28.2 Å². The molecule has 0 aromatic heterocycles. The summed E-state index contributed by atoms with van der Waals surface area (Å²) in [5, 5.41) is 3.82. The fraction of sp³-hybridized carbons (Fsp3) is 0.308. The maximum Gasteiger partial charge on any atom is 0.223 e. The number of allylic oxidation sites excluding steroid dienone is 2. The van der Waals surface area contributed by atoms with Crippen molar-refractivity contribution in [2.24, 2.45) is 4.99 Å². The number of nitrogens with zero attached hydrogens (tertiary/aromatic N) is 1. The molecule has 0 aliphatic carbocycles. The number of amides is 1. The summed E-state index contributed by atoms with van der Waals surface area (Å²) in [5.74, 6) is 0.0619. The van der Waals surface area contributed by atoms with Gasteiger partial charge >= 0.3 is 0 Å². The van der Waals surface area contributed by atoms with Crippen molar-refractivity contribution in [2.75, 3.05) is 13.1 Å². The Bertz CT molecular complexity index is 955. The summed E-state index contributed by atoms with van der Waals surface area (Å²) >= 11 is 14.0. The summed E-state index contributed by atoms with van der Waals surface area (Å²) in [6, 6.07) is 14.0. The molecule has 0 aliphatic rings. The lowest BCUT2D eigenvalue weighted by molar-refractivity contribution is -0.120. The molecular formula is C26H32Cl2N2OS. The highest BCUT2D eigenvalue weighted by molar-refractivity contribution is 8.03. The van der Waals surface area contributed by atoms with Crippen LogP contribution in [-0.2, 0) is 4.79 Å². The lowest BCUT2D eigenvalue weighted by atomic mass is 10.0. The minimum Gasteiger partial charge on any atom is -0.356 e. The van der Waals surface area contributed by atoms with Crippen LogP contribution < -0.4 is 5.32 Å². The van der Waals surface area contributed by atoms with Crippen LogP contribution in [0.25, 0.3) is 0 Å². The molecule has 1 N–H and O–H groups in total. The molecule has 0 unspecified atom stereocenters. The number of aliphatic imine (C=N–C) groups is 1. The third-order valence-corrected chi connectivity index (χ3v) is 6.10. The van der Waals surface area contributed by atoms with Crippen molar-refractivity contribution in [1.82, 2.24) is 5.32 Å². The van der Waals surface area contributed by atoms with Gasteiger partial charge in [-0.05, 0) is 50.3 Å². The average molecular weight is 492 g/mol. The number of carbonyl (C=O) groups is 1. The molecule has 0 spiro atoms. The molecule has 32 heavy (non-hydrogen) atoms. The molecule has 0 saturated carbocycles. The first-order valence-corrected chi connectivity index (χ1v) is 12.2. The number of thioether (sulfide) groups is 1. The fourth-order valence-corrected chi connectivity index (χ4v) is 3.77. The van der Waals surface area contributed by atoms with Crippen molar-refractivity contribution in [3.05, 3.63) is 87.3 Å². The van der Waals surface area contributed by atoms with Crippen LogP contribution in [-0.4, -0.2) is 24.7 Å². The van der Waals surface area contributed by atoms with Gasteiger partial charge in [0.25, 0.3) is 0 Å². The molecular weight excluding hydrogens is 459 g/mol. The van der Waals surface area contributed by atoms with Gasteiger partial charge in [-0.25, -0.2) is 0 Å². The van der Waals surface area contributed by atoms with Gasteiger partial charge in [0.05, 0.1) is 15.8 Å². The van der Waals surface area contributed by atoms with Crippen LogP contribution in [0.3, 0.4) is 0 Å². The molecule has 172 valence electrons. The Labute approximate surface area is 207 Å². The molecule has 2 aromatic rings. The lowest BCUT2D eigenvalue weighted by Crippen LogP contribution is -2.22. The van der Waals surface area contributed by atoms with Crippen LogP contribution in [0.4, 0.5) is 0 Å². The number of carbonyl (C=O) groups excluding carboxylic acids is 1. The highest BCUT2D eigenvalue weighted by atomic mass is 35.5. The molecule has 0 atom stereocenters. The van der Waals surface area contributed by atoms with E-state index in [1.54, 1.807) is 17.8 Å². The topological polar surface area (TPSA) is 41.5 Å². The van der Waals surface area contributed by atoms with Gasteiger partial charge in [0.15, 0.2) is 0 Å². The minimum atomic E-state index is 0.0619. The predicted molar refractivity (Wildman–Crippen MR) is 142 cm³/mol. The standard InChI is InChI=1S/C19H19Cl2NS.C7H13NO/c1-4-13(3)23-18-9-7-6-8-15(18)19(22-5-2)14-10-11-16(20)17(21)12-14;1-3-5-7(9)8-6-4-2/h4,6-12H,5H2,1-3H3;3H,1,4-6H2,2H3,(H,8,9)/b13-4+,22-19?;. The molecule has 0 heterocycles. The van der Waals surface area contributed by atoms with Crippen LogP contribution in [0.5, 0.6) is 0 Å². The Morgan fingerprint density at radius 2 is 1.88 bits per heavy atom. The van der Waals surface area contributed by atoms with Gasteiger partial charge in [-0.15, -0.1) is 6.58 Å². The van der Waals surface area contributed by atoms with Gasteiger partial charge in [-0.1, -0.05) is 78.3 Å². The van der Waals surface area contributed by atoms with Gasteiger partial charge in [-0.3, -0.25) is 9.79 Å². The Morgan fingerprint density at radius 3 is 2.47 bits per heavy atom. The van der Waals surface area contributed by atoms with E-state index in [2.05, 4.69) is 37.0 Å². The quantitative estimate of drug-likeness (QED) is 0.220. The zero-order valence-corrected chi connectivity index (χ0v) is 21.6. The van der Waals surface area contributed by atoms with Crippen molar-refractivity contribution in [3.63, 3.8) is 0 Å². The number of hydrogen-bond acceptors (Lipinski definition) is 3. The summed E-state index contributed by atoms with van der Waals surface area (Å²) < 4.78 is 0. The first-order chi connectivity index (χ1) is 15.4. The average Bonchev–Trinajstić information content (AvgIpc) is 2.79. The maximum atomic E-state index is 10.6. The third kappa shape index (κ3) is 9.64. The number of rotatable bonds is 9. The zero-order chi connectivity index (χ0) is 23.9. The number of halogens is 2. The van der Waals surface area contributed by atoms with E-state index in [0.717, 1.165) is 29.8 Å². The van der Waals surface area contributed by atoms with Crippen LogP contribution in [0.1, 0.15) is 51.7 Å². The molecule has 0 radical (unpaired) electrons. The van der Waals surface area contributed by atoms with E-state index >= 15 is 0 Å². The zero-order valence-electron chi connectivity index (χ0n) is 19.3. The third-order valence-electron chi connectivity index (χ3n) is 4.23. The Kier molecular flexibility index (Phi) is 13.8. The maximum absolute atomic E-state index is 10.6. The summed E-state index contributed by atoms with van der Waals surface area (Å²) in [6.45, 7) is 13.1. The number of nitrogens with one attached hydrogen (secondary N) is 1. The number of hydrogen-bond donors (Lipinski definition) is 1. The second-order valence-corrected chi connectivity index (χ2v) is 8.89. The van der Waals surface area contributed by atoms with Gasteiger partial charge in [0.2, 0.25) is 5.91 Å². The molecule has 0 fully saturated rings. The van der Waals surface area contributed by atoms with Crippen molar-refractivity contribution in [3.8, 4) is 0 Å². The second-order valence-electron chi connectivity index (χ2n) is 6.79. The Morgan fingerprint density at radius 1 is 1.16 bits per heavy atom. The van der Waals surface area contributed by atoms with Gasteiger partial charge < -0.3 is 5.32 Å². The number of benzene rings is 2. The van der Waals surface area contributed by atoms with Gasteiger partial charge in [0.1, 0.15) is 0 Å². The van der Waals surface area contributed by atoms with E-state index < -0.39 is 0 Å². The van der Waals surface area contributed by atoms with Crippen LogP contribution in [0.2, 0.25) is 10.0 Å². The molecule has 3 nitrogen and oxygen atoms in total. The van der Waals surface area contributed by atoms with E-state index in [1.807, 2.05) is 51.1 Å². The summed E-state index contributed by atoms with van der Waals surface area (Å²) in [7, 11) is 0. The van der Waals surface area contributed by atoms with E-state index in [9.17, 15) is 4.79 Å². The molecule has 1 amide bonds. The molecule has 2 aromatic carbocycles. The summed E-state index contributed by atoms with van der Waals surface area (Å²) in [6.07, 6.45) is 5.13. The second kappa shape index (κ2) is 15.7. The van der Waals surface area contributed by atoms with Crippen molar-refractivity contribution < 1.29 is 4.79 Å². The highest BCUT2D eigenvalue weighted by Gasteiger charge is 2.13. The highest BCUT2D eigenvalue weighted by Crippen LogP contribution is 2.32. The van der Waals surface area contributed by atoms with Crippen molar-refractivity contribution in [1.29, 1.82) is 0 Å². The smallest absolute Gasteiger partial charge is 0.223 e. The molecule has 0 bridgehead atoms. The van der Waals surface area contributed by atoms with Crippen molar-refractivity contribution >= 4 is 46.6 Å². The lowest BCUT2D eigenvalue weighted by Gasteiger charge is -2.13. The molecule has 2 rings (SSSR count). The van der Waals surface area contributed by atoms with E-state index in [1.165, 1.54) is 9.80 Å². The summed E-state index contributed by atoms with van der Waals surface area (Å²) in [4.78, 5) is 17.8. The minimum absolute atomic E-state index is 0.0619. The van der Waals surface area contributed by atoms with Crippen LogP contribution >= 0.6 is 35.0 Å². The van der Waals surface area contributed by atoms with Crippen LogP contribution in [0, 0.1) is 0 Å². The first kappa shape index (κ1) is 28.0. The SMILES string of the molecule is C/C=C(\C)Sc1ccccc1C(=NCC)c1ccc(Cl)c(Cl)c1.C=CCC(=O)NCCC. The monoisotopic (exact) mass is 490 g/mol. The van der Waals surface area contributed by atoms with E-state index in [-0.39, 0.29) is 5.91 Å². The Hall–Kier alpha value is -2.01. The van der Waals surface area contributed by atoms with E-state index in [0.29, 0.717) is 23.0 Å². The summed E-state index contributed by atoms with van der Waals surface area (Å²) in [5.41, 5.74) is 3.03.